The minimum Gasteiger partial charge on any atom is -0.507 e. The summed E-state index contributed by atoms with van der Waals surface area (Å²) in [5.41, 5.74) is 4.11. The maximum Gasteiger partial charge on any atom is 0.319 e. The van der Waals surface area contributed by atoms with Crippen LogP contribution in [-0.2, 0) is 28.6 Å². The molecule has 0 aromatic heterocycles. The normalized spacial score (nSPS) is 12.2. The molecule has 1 unspecified atom stereocenters. The summed E-state index contributed by atoms with van der Waals surface area (Å²) in [6, 6.07) is 18.5. The van der Waals surface area contributed by atoms with Gasteiger partial charge in [0, 0.05) is 18.3 Å². The molecule has 2 amide bonds. The van der Waals surface area contributed by atoms with Crippen LogP contribution in [0, 0.1) is 0 Å². The predicted molar refractivity (Wildman–Crippen MR) is 135 cm³/mol. The molecule has 3 rings (SSSR count). The number of rotatable bonds is 9. The summed E-state index contributed by atoms with van der Waals surface area (Å²) >= 11 is 0. The number of amides is 2. The van der Waals surface area contributed by atoms with Crippen molar-refractivity contribution in [2.24, 2.45) is 0 Å². The van der Waals surface area contributed by atoms with Crippen LogP contribution in [-0.4, -0.2) is 26.6 Å². The number of urea groups is 1. The molecule has 34 heavy (non-hydrogen) atoms. The van der Waals surface area contributed by atoms with Crippen molar-refractivity contribution in [2.45, 2.75) is 43.5 Å². The van der Waals surface area contributed by atoms with Crippen LogP contribution in [0.1, 0.15) is 42.1 Å². The summed E-state index contributed by atoms with van der Waals surface area (Å²) in [5.74, 6) is -0.641. The van der Waals surface area contributed by atoms with Crippen molar-refractivity contribution < 1.29 is 18.3 Å². The van der Waals surface area contributed by atoms with E-state index in [0.717, 1.165) is 23.1 Å². The molecule has 3 aromatic carbocycles. The molecule has 3 aromatic rings. The largest absolute Gasteiger partial charge is 0.507 e. The molecule has 0 fully saturated rings. The van der Waals surface area contributed by atoms with E-state index >= 15 is 0 Å². The van der Waals surface area contributed by atoms with Crippen molar-refractivity contribution in [3.63, 3.8) is 0 Å². The lowest BCUT2D eigenvalue weighted by molar-refractivity contribution is 0.249. The minimum atomic E-state index is -3.79. The van der Waals surface area contributed by atoms with Gasteiger partial charge in [0.25, 0.3) is 0 Å². The maximum absolute atomic E-state index is 13.0. The molecule has 0 spiro atoms. The van der Waals surface area contributed by atoms with Crippen LogP contribution in [0.4, 0.5) is 10.5 Å². The Morgan fingerprint density at radius 1 is 1.00 bits per heavy atom. The lowest BCUT2D eigenvalue weighted by Gasteiger charge is -2.15. The van der Waals surface area contributed by atoms with E-state index in [1.54, 1.807) is 6.07 Å². The molecule has 4 N–H and O–H groups in total. The second-order valence-corrected chi connectivity index (χ2v) is 10.1. The van der Waals surface area contributed by atoms with Gasteiger partial charge in [0.15, 0.2) is 9.84 Å². The standard InChI is InChI=1S/C26H31N3O4S/c1-4-20-11-10-19(14-22(20)16-27-3)17-34(32,33)25-13-12-23(15-24(25)30)29-26(31)28-18(2)21-8-6-5-7-9-21/h5-15,18,27,30H,4,16-17H2,1-3H3,(H2,28,29,31). The molecule has 0 aliphatic rings. The highest BCUT2D eigenvalue weighted by Gasteiger charge is 2.21. The highest BCUT2D eigenvalue weighted by Crippen LogP contribution is 2.29. The van der Waals surface area contributed by atoms with Crippen LogP contribution in [0.25, 0.3) is 0 Å². The third kappa shape index (κ3) is 6.36. The molecule has 0 saturated carbocycles. The van der Waals surface area contributed by atoms with E-state index in [4.69, 9.17) is 0 Å². The molecule has 0 radical (unpaired) electrons. The Labute approximate surface area is 201 Å². The highest BCUT2D eigenvalue weighted by atomic mass is 32.2. The van der Waals surface area contributed by atoms with Gasteiger partial charge in [0.1, 0.15) is 10.6 Å². The van der Waals surface area contributed by atoms with Gasteiger partial charge in [-0.1, -0.05) is 55.5 Å². The molecule has 0 saturated heterocycles. The van der Waals surface area contributed by atoms with Gasteiger partial charge in [-0.2, -0.15) is 0 Å². The first-order valence-corrected chi connectivity index (χ1v) is 12.8. The third-order valence-corrected chi connectivity index (χ3v) is 7.30. The van der Waals surface area contributed by atoms with Gasteiger partial charge in [-0.25, -0.2) is 13.2 Å². The number of carbonyl (C=O) groups is 1. The van der Waals surface area contributed by atoms with Gasteiger partial charge in [-0.15, -0.1) is 0 Å². The highest BCUT2D eigenvalue weighted by molar-refractivity contribution is 7.90. The molecule has 0 heterocycles. The van der Waals surface area contributed by atoms with E-state index in [2.05, 4.69) is 22.9 Å². The van der Waals surface area contributed by atoms with Crippen LogP contribution >= 0.6 is 0 Å². The number of nitrogens with one attached hydrogen (secondary N) is 3. The van der Waals surface area contributed by atoms with Gasteiger partial charge in [0.05, 0.1) is 11.8 Å². The summed E-state index contributed by atoms with van der Waals surface area (Å²) in [6.07, 6.45) is 0.858. The first-order chi connectivity index (χ1) is 16.2. The molecule has 180 valence electrons. The van der Waals surface area contributed by atoms with Crippen molar-refractivity contribution in [1.82, 2.24) is 10.6 Å². The quantitative estimate of drug-likeness (QED) is 0.359. The molecular formula is C26H31N3O4S. The second kappa shape index (κ2) is 11.2. The van der Waals surface area contributed by atoms with E-state index in [-0.39, 0.29) is 22.4 Å². The number of benzene rings is 3. The lowest BCUT2D eigenvalue weighted by Crippen LogP contribution is -2.31. The Bertz CT molecular complexity index is 1240. The molecule has 0 bridgehead atoms. The Balaban J connectivity index is 1.71. The first-order valence-electron chi connectivity index (χ1n) is 11.2. The fourth-order valence-electron chi connectivity index (χ4n) is 3.81. The van der Waals surface area contributed by atoms with Gasteiger partial charge in [-0.05, 0) is 54.8 Å². The number of hydrogen-bond donors (Lipinski definition) is 4. The van der Waals surface area contributed by atoms with Crippen molar-refractivity contribution >= 4 is 21.6 Å². The van der Waals surface area contributed by atoms with E-state index < -0.39 is 21.6 Å². The molecule has 1 atom stereocenters. The average Bonchev–Trinajstić information content (AvgIpc) is 2.79. The predicted octanol–water partition coefficient (Wildman–Crippen LogP) is 4.53. The summed E-state index contributed by atoms with van der Waals surface area (Å²) in [7, 11) is -1.95. The van der Waals surface area contributed by atoms with Gasteiger partial charge in [-0.3, -0.25) is 0 Å². The summed E-state index contributed by atoms with van der Waals surface area (Å²) in [6.45, 7) is 4.56. The molecule has 7 nitrogen and oxygen atoms in total. The molecule has 0 aliphatic carbocycles. The van der Waals surface area contributed by atoms with E-state index in [1.165, 1.54) is 18.2 Å². The van der Waals surface area contributed by atoms with Crippen molar-refractivity contribution in [1.29, 1.82) is 0 Å². The monoisotopic (exact) mass is 481 g/mol. The van der Waals surface area contributed by atoms with Crippen molar-refractivity contribution in [3.8, 4) is 5.75 Å². The van der Waals surface area contributed by atoms with E-state index in [9.17, 15) is 18.3 Å². The van der Waals surface area contributed by atoms with Gasteiger partial charge >= 0.3 is 6.03 Å². The van der Waals surface area contributed by atoms with Crippen LogP contribution < -0.4 is 16.0 Å². The average molecular weight is 482 g/mol. The van der Waals surface area contributed by atoms with E-state index in [0.29, 0.717) is 12.1 Å². The van der Waals surface area contributed by atoms with Crippen molar-refractivity contribution in [2.75, 3.05) is 12.4 Å². The van der Waals surface area contributed by atoms with Crippen LogP contribution in [0.3, 0.4) is 0 Å². The third-order valence-electron chi connectivity index (χ3n) is 5.57. The second-order valence-electron chi connectivity index (χ2n) is 8.16. The Kier molecular flexibility index (Phi) is 8.31. The zero-order chi connectivity index (χ0) is 24.7. The van der Waals surface area contributed by atoms with Crippen LogP contribution in [0.5, 0.6) is 5.75 Å². The number of phenolic OH excluding ortho intramolecular Hbond substituents is 1. The summed E-state index contributed by atoms with van der Waals surface area (Å²) in [5, 5.41) is 19.0. The number of aromatic hydroxyl groups is 1. The summed E-state index contributed by atoms with van der Waals surface area (Å²) < 4.78 is 26.0. The first kappa shape index (κ1) is 25.3. The zero-order valence-electron chi connectivity index (χ0n) is 19.6. The smallest absolute Gasteiger partial charge is 0.319 e. The number of sulfone groups is 1. The Morgan fingerprint density at radius 2 is 1.74 bits per heavy atom. The zero-order valence-corrected chi connectivity index (χ0v) is 20.4. The number of aryl methyl sites for hydroxylation is 1. The molecule has 0 aliphatic heterocycles. The van der Waals surface area contributed by atoms with Crippen LogP contribution in [0.15, 0.2) is 71.6 Å². The van der Waals surface area contributed by atoms with Crippen LogP contribution in [0.2, 0.25) is 0 Å². The SMILES string of the molecule is CCc1ccc(CS(=O)(=O)c2ccc(NC(=O)NC(C)c3ccccc3)cc2O)cc1CNC. The fourth-order valence-corrected chi connectivity index (χ4v) is 5.24. The summed E-state index contributed by atoms with van der Waals surface area (Å²) in [4.78, 5) is 12.2. The maximum atomic E-state index is 13.0. The fraction of sp³-hybridized carbons (Fsp3) is 0.269. The topological polar surface area (TPSA) is 108 Å². The van der Waals surface area contributed by atoms with Crippen molar-refractivity contribution in [3.05, 3.63) is 89.0 Å². The molecular weight excluding hydrogens is 450 g/mol. The Morgan fingerprint density at radius 3 is 2.38 bits per heavy atom. The lowest BCUT2D eigenvalue weighted by atomic mass is 10.0. The molecule has 8 heteroatoms. The number of phenols is 1. The van der Waals surface area contributed by atoms with E-state index in [1.807, 2.05) is 56.4 Å². The number of anilines is 1. The van der Waals surface area contributed by atoms with Gasteiger partial charge in [0.2, 0.25) is 0 Å². The minimum absolute atomic E-state index is 0.175. The Hall–Kier alpha value is -3.36. The number of hydrogen-bond acceptors (Lipinski definition) is 5. The van der Waals surface area contributed by atoms with Gasteiger partial charge < -0.3 is 21.1 Å². The number of carbonyl (C=O) groups excluding carboxylic acids is 1.